The van der Waals surface area contributed by atoms with Crippen LogP contribution in [-0.4, -0.2) is 36.0 Å². The molecule has 0 aliphatic rings. The Morgan fingerprint density at radius 2 is 1.34 bits per heavy atom. The maximum atomic E-state index is 12.9. The Labute approximate surface area is 183 Å². The molecule has 2 amide bonds. The molecule has 3 aromatic rings. The van der Waals surface area contributed by atoms with Crippen molar-refractivity contribution in [3.8, 4) is 0 Å². The van der Waals surface area contributed by atoms with E-state index in [2.05, 4.69) is 10.6 Å². The average molecular weight is 436 g/mol. The zero-order chi connectivity index (χ0) is 23.0. The molecule has 0 spiro atoms. The van der Waals surface area contributed by atoms with Crippen molar-refractivity contribution < 1.29 is 28.6 Å². The monoisotopic (exact) mass is 436 g/mol. The Morgan fingerprint density at radius 3 is 1.88 bits per heavy atom. The van der Waals surface area contributed by atoms with Crippen molar-refractivity contribution in [1.82, 2.24) is 5.32 Å². The van der Waals surface area contributed by atoms with Crippen LogP contribution in [0.25, 0.3) is 0 Å². The second-order valence-electron chi connectivity index (χ2n) is 6.85. The molecule has 3 N–H and O–H groups in total. The number of benzene rings is 3. The molecule has 0 heterocycles. The van der Waals surface area contributed by atoms with Gasteiger partial charge in [0, 0.05) is 5.69 Å². The van der Waals surface area contributed by atoms with Crippen molar-refractivity contribution in [3.05, 3.63) is 102 Å². The molecule has 0 unspecified atom stereocenters. The summed E-state index contributed by atoms with van der Waals surface area (Å²) in [6.45, 7) is -1.07. The van der Waals surface area contributed by atoms with Crippen LogP contribution in [-0.2, 0) is 24.7 Å². The van der Waals surface area contributed by atoms with Gasteiger partial charge in [0.25, 0.3) is 5.91 Å². The zero-order valence-electron chi connectivity index (χ0n) is 17.0. The van der Waals surface area contributed by atoms with Gasteiger partial charge in [-0.3, -0.25) is 9.59 Å². The Balaban J connectivity index is 1.58. The summed E-state index contributed by atoms with van der Waals surface area (Å²) in [5.74, 6) is -2.73. The molecule has 0 bridgehead atoms. The van der Waals surface area contributed by atoms with Crippen molar-refractivity contribution in [2.45, 2.75) is 5.60 Å². The maximum Gasteiger partial charge on any atom is 0.348 e. The number of aliphatic hydroxyl groups is 1. The van der Waals surface area contributed by atoms with Gasteiger partial charge in [0.2, 0.25) is 11.5 Å². The molecule has 0 atom stereocenters. The molecule has 0 saturated carbocycles. The van der Waals surface area contributed by atoms with E-state index in [9.17, 15) is 23.9 Å². The van der Waals surface area contributed by atoms with Gasteiger partial charge in [0.1, 0.15) is 5.82 Å². The Bertz CT molecular complexity index is 1030. The summed E-state index contributed by atoms with van der Waals surface area (Å²) in [6, 6.07) is 21.6. The molecular weight excluding hydrogens is 415 g/mol. The molecule has 3 rings (SSSR count). The van der Waals surface area contributed by atoms with Crippen LogP contribution in [0.1, 0.15) is 11.1 Å². The van der Waals surface area contributed by atoms with Gasteiger partial charge in [0.15, 0.2) is 6.61 Å². The standard InChI is InChI=1S/C24H21FN2O5/c25-19-11-13-20(14-12-19)27-21(28)15-26-22(29)16-32-23(30)24(31,17-7-3-1-4-8-17)18-9-5-2-6-10-18/h1-14,31H,15-16H2,(H,26,29)(H,27,28). The van der Waals surface area contributed by atoms with E-state index in [1.165, 1.54) is 24.3 Å². The minimum absolute atomic E-state index is 0.287. The first-order chi connectivity index (χ1) is 15.4. The van der Waals surface area contributed by atoms with E-state index >= 15 is 0 Å². The number of hydrogen-bond donors (Lipinski definition) is 3. The number of amides is 2. The van der Waals surface area contributed by atoms with E-state index < -0.39 is 35.8 Å². The van der Waals surface area contributed by atoms with Gasteiger partial charge in [-0.25, -0.2) is 9.18 Å². The Hall–Kier alpha value is -4.04. The van der Waals surface area contributed by atoms with E-state index in [-0.39, 0.29) is 17.7 Å². The lowest BCUT2D eigenvalue weighted by molar-refractivity contribution is -0.164. The highest BCUT2D eigenvalue weighted by molar-refractivity contribution is 5.95. The number of ether oxygens (including phenoxy) is 1. The van der Waals surface area contributed by atoms with Crippen LogP contribution in [0.15, 0.2) is 84.9 Å². The van der Waals surface area contributed by atoms with Crippen LogP contribution < -0.4 is 10.6 Å². The zero-order valence-corrected chi connectivity index (χ0v) is 17.0. The molecule has 8 heteroatoms. The van der Waals surface area contributed by atoms with Gasteiger partial charge < -0.3 is 20.5 Å². The van der Waals surface area contributed by atoms with Crippen molar-refractivity contribution in [1.29, 1.82) is 0 Å². The first-order valence-corrected chi connectivity index (χ1v) is 9.72. The van der Waals surface area contributed by atoms with Crippen molar-refractivity contribution in [2.75, 3.05) is 18.5 Å². The predicted molar refractivity (Wildman–Crippen MR) is 115 cm³/mol. The fraction of sp³-hybridized carbons (Fsp3) is 0.125. The molecular formula is C24H21FN2O5. The van der Waals surface area contributed by atoms with E-state index in [1.807, 2.05) is 0 Å². The van der Waals surface area contributed by atoms with E-state index in [1.54, 1.807) is 60.7 Å². The average Bonchev–Trinajstić information content (AvgIpc) is 2.83. The van der Waals surface area contributed by atoms with Crippen molar-refractivity contribution in [3.63, 3.8) is 0 Å². The fourth-order valence-corrected chi connectivity index (χ4v) is 2.96. The number of hydrogen-bond acceptors (Lipinski definition) is 5. The minimum atomic E-state index is -2.11. The van der Waals surface area contributed by atoms with E-state index in [0.29, 0.717) is 5.69 Å². The second-order valence-corrected chi connectivity index (χ2v) is 6.85. The molecule has 7 nitrogen and oxygen atoms in total. The van der Waals surface area contributed by atoms with Gasteiger partial charge in [-0.05, 0) is 35.4 Å². The third kappa shape index (κ3) is 5.55. The van der Waals surface area contributed by atoms with Gasteiger partial charge in [0.05, 0.1) is 6.54 Å². The smallest absolute Gasteiger partial charge is 0.348 e. The highest BCUT2D eigenvalue weighted by Gasteiger charge is 2.41. The quantitative estimate of drug-likeness (QED) is 0.470. The first-order valence-electron chi connectivity index (χ1n) is 9.72. The van der Waals surface area contributed by atoms with Gasteiger partial charge in [-0.1, -0.05) is 60.7 Å². The number of halogens is 1. The van der Waals surface area contributed by atoms with Gasteiger partial charge >= 0.3 is 5.97 Å². The summed E-state index contributed by atoms with van der Waals surface area (Å²) < 4.78 is 18.0. The molecule has 0 saturated heterocycles. The third-order valence-corrected chi connectivity index (χ3v) is 4.59. The summed E-state index contributed by atoms with van der Waals surface area (Å²) in [4.78, 5) is 36.8. The van der Waals surface area contributed by atoms with Gasteiger partial charge in [-0.2, -0.15) is 0 Å². The number of nitrogens with one attached hydrogen (secondary N) is 2. The highest BCUT2D eigenvalue weighted by atomic mass is 19.1. The first kappa shape index (κ1) is 22.6. The number of carbonyl (C=O) groups excluding carboxylic acids is 3. The SMILES string of the molecule is O=C(COC(=O)C(O)(c1ccccc1)c1ccccc1)NCC(=O)Nc1ccc(F)cc1. The van der Waals surface area contributed by atoms with Crippen LogP contribution >= 0.6 is 0 Å². The topological polar surface area (TPSA) is 105 Å². The van der Waals surface area contributed by atoms with Crippen molar-refractivity contribution in [2.24, 2.45) is 0 Å². The molecule has 0 aliphatic heterocycles. The van der Waals surface area contributed by atoms with Crippen LogP contribution in [0, 0.1) is 5.82 Å². The summed E-state index contributed by atoms with van der Waals surface area (Å²) >= 11 is 0. The lowest BCUT2D eigenvalue weighted by atomic mass is 9.86. The van der Waals surface area contributed by atoms with Crippen LogP contribution in [0.5, 0.6) is 0 Å². The molecule has 32 heavy (non-hydrogen) atoms. The summed E-state index contributed by atoms with van der Waals surface area (Å²) in [5.41, 5.74) is -1.17. The molecule has 3 aromatic carbocycles. The van der Waals surface area contributed by atoms with E-state index in [0.717, 1.165) is 0 Å². The number of carbonyl (C=O) groups is 3. The lowest BCUT2D eigenvalue weighted by Gasteiger charge is -2.26. The third-order valence-electron chi connectivity index (χ3n) is 4.59. The van der Waals surface area contributed by atoms with E-state index in [4.69, 9.17) is 4.74 Å². The minimum Gasteiger partial charge on any atom is -0.453 e. The Morgan fingerprint density at radius 1 is 0.812 bits per heavy atom. The molecule has 0 aromatic heterocycles. The molecule has 0 radical (unpaired) electrons. The largest absolute Gasteiger partial charge is 0.453 e. The summed E-state index contributed by atoms with van der Waals surface area (Å²) in [7, 11) is 0. The fourth-order valence-electron chi connectivity index (χ4n) is 2.96. The number of anilines is 1. The van der Waals surface area contributed by atoms with Crippen molar-refractivity contribution >= 4 is 23.5 Å². The highest BCUT2D eigenvalue weighted by Crippen LogP contribution is 2.30. The van der Waals surface area contributed by atoms with Gasteiger partial charge in [-0.15, -0.1) is 0 Å². The van der Waals surface area contributed by atoms with Crippen LogP contribution in [0.3, 0.4) is 0 Å². The van der Waals surface area contributed by atoms with Crippen LogP contribution in [0.2, 0.25) is 0 Å². The lowest BCUT2D eigenvalue weighted by Crippen LogP contribution is -2.41. The maximum absolute atomic E-state index is 12.9. The summed E-state index contributed by atoms with van der Waals surface area (Å²) in [6.07, 6.45) is 0. The molecule has 0 fully saturated rings. The number of esters is 1. The predicted octanol–water partition coefficient (Wildman–Crippen LogP) is 2.36. The van der Waals surface area contributed by atoms with Crippen LogP contribution in [0.4, 0.5) is 10.1 Å². The normalized spacial score (nSPS) is 10.8. The number of rotatable bonds is 8. The summed E-state index contributed by atoms with van der Waals surface area (Å²) in [5, 5.41) is 16.0. The molecule has 0 aliphatic carbocycles. The second kappa shape index (κ2) is 10.3. The Kier molecular flexibility index (Phi) is 7.30. The molecule has 164 valence electrons.